The molecule has 2 amide bonds. The number of methoxy groups -OCH3 is 1. The van der Waals surface area contributed by atoms with Crippen LogP contribution < -0.4 is 15.4 Å². The number of nitrogens with zero attached hydrogens (tertiary/aromatic N) is 1. The van der Waals surface area contributed by atoms with Crippen LogP contribution in [0.3, 0.4) is 0 Å². The summed E-state index contributed by atoms with van der Waals surface area (Å²) in [5, 5.41) is 6.98. The number of ether oxygens (including phenoxy) is 1. The van der Waals surface area contributed by atoms with E-state index < -0.39 is 0 Å². The zero-order valence-corrected chi connectivity index (χ0v) is 12.6. The Hall–Kier alpha value is -2.08. The van der Waals surface area contributed by atoms with Crippen LogP contribution in [0.25, 0.3) is 0 Å². The van der Waals surface area contributed by atoms with E-state index in [4.69, 9.17) is 4.74 Å². The highest BCUT2D eigenvalue weighted by Crippen LogP contribution is 2.25. The van der Waals surface area contributed by atoms with Crippen molar-refractivity contribution in [2.75, 3.05) is 12.4 Å². The molecule has 1 atom stereocenters. The third kappa shape index (κ3) is 3.33. The lowest BCUT2D eigenvalue weighted by atomic mass is 9.88. The summed E-state index contributed by atoms with van der Waals surface area (Å²) in [6.07, 6.45) is 4.44. The van der Waals surface area contributed by atoms with E-state index in [-0.39, 0.29) is 12.1 Å². The number of carbonyl (C=O) groups excluding carboxylic acids is 1. The molecule has 6 heteroatoms. The Balaban J connectivity index is 1.56. The second kappa shape index (κ2) is 6.13. The predicted octanol–water partition coefficient (Wildman–Crippen LogP) is 2.83. The number of anilines is 1. The topological polar surface area (TPSA) is 63.2 Å². The highest BCUT2D eigenvalue weighted by Gasteiger charge is 2.20. The van der Waals surface area contributed by atoms with E-state index in [9.17, 15) is 4.79 Å². The standard InChI is InChI=1S/C15H17N3O2S/c1-20-13-9-16-15(21-13)18-14(19)17-12-7-6-10-4-2-3-5-11(10)8-12/h2-5,9,12H,6-8H2,1H3,(H2,16,17,18,19). The van der Waals surface area contributed by atoms with Crippen LogP contribution in [0.15, 0.2) is 30.5 Å². The Kier molecular flexibility index (Phi) is 4.06. The average molecular weight is 303 g/mol. The number of thiazole rings is 1. The molecule has 0 saturated heterocycles. The predicted molar refractivity (Wildman–Crippen MR) is 83.1 cm³/mol. The number of amides is 2. The fraction of sp³-hybridized carbons (Fsp3) is 0.333. The van der Waals surface area contributed by atoms with Crippen LogP contribution in [0, 0.1) is 0 Å². The number of hydrogen-bond acceptors (Lipinski definition) is 4. The van der Waals surface area contributed by atoms with Crippen LogP contribution in [0.5, 0.6) is 5.06 Å². The molecule has 21 heavy (non-hydrogen) atoms. The number of benzene rings is 1. The number of rotatable bonds is 3. The zero-order valence-electron chi connectivity index (χ0n) is 11.8. The molecular weight excluding hydrogens is 286 g/mol. The Labute approximate surface area is 127 Å². The van der Waals surface area contributed by atoms with Gasteiger partial charge in [0.05, 0.1) is 13.3 Å². The summed E-state index contributed by atoms with van der Waals surface area (Å²) in [5.41, 5.74) is 2.71. The maximum atomic E-state index is 12.0. The Morgan fingerprint density at radius 1 is 1.38 bits per heavy atom. The van der Waals surface area contributed by atoms with Gasteiger partial charge in [0, 0.05) is 6.04 Å². The maximum Gasteiger partial charge on any atom is 0.321 e. The van der Waals surface area contributed by atoms with Gasteiger partial charge in [-0.15, -0.1) is 0 Å². The summed E-state index contributed by atoms with van der Waals surface area (Å²) in [6, 6.07) is 8.36. The maximum absolute atomic E-state index is 12.0. The van der Waals surface area contributed by atoms with Gasteiger partial charge in [-0.2, -0.15) is 0 Å². The molecule has 1 aromatic heterocycles. The van der Waals surface area contributed by atoms with E-state index in [0.717, 1.165) is 19.3 Å². The Morgan fingerprint density at radius 3 is 2.95 bits per heavy atom. The van der Waals surface area contributed by atoms with Gasteiger partial charge in [-0.25, -0.2) is 9.78 Å². The molecule has 0 aliphatic heterocycles. The third-order valence-electron chi connectivity index (χ3n) is 3.59. The second-order valence-corrected chi connectivity index (χ2v) is 5.99. The molecular formula is C15H17N3O2S. The fourth-order valence-corrected chi connectivity index (χ4v) is 3.18. The number of carbonyl (C=O) groups is 1. The van der Waals surface area contributed by atoms with Crippen LogP contribution in [0.2, 0.25) is 0 Å². The molecule has 0 saturated carbocycles. The monoisotopic (exact) mass is 303 g/mol. The van der Waals surface area contributed by atoms with Crippen molar-refractivity contribution in [3.8, 4) is 5.06 Å². The van der Waals surface area contributed by atoms with Crippen molar-refractivity contribution in [3.63, 3.8) is 0 Å². The molecule has 2 aromatic rings. The molecule has 1 aliphatic rings. The van der Waals surface area contributed by atoms with Gasteiger partial charge in [0.15, 0.2) is 10.2 Å². The highest BCUT2D eigenvalue weighted by molar-refractivity contribution is 7.17. The van der Waals surface area contributed by atoms with Gasteiger partial charge in [0.25, 0.3) is 0 Å². The first-order chi connectivity index (χ1) is 10.2. The van der Waals surface area contributed by atoms with Gasteiger partial charge in [0.2, 0.25) is 0 Å². The van der Waals surface area contributed by atoms with Crippen molar-refractivity contribution >= 4 is 22.5 Å². The SMILES string of the molecule is COc1cnc(NC(=O)NC2CCc3ccccc3C2)s1. The number of aryl methyl sites for hydroxylation is 1. The Morgan fingerprint density at radius 2 is 2.19 bits per heavy atom. The number of nitrogens with one attached hydrogen (secondary N) is 2. The summed E-state index contributed by atoms with van der Waals surface area (Å²) in [6.45, 7) is 0. The lowest BCUT2D eigenvalue weighted by molar-refractivity contribution is 0.247. The molecule has 1 unspecified atom stereocenters. The van der Waals surface area contributed by atoms with Gasteiger partial charge in [-0.1, -0.05) is 35.6 Å². The van der Waals surface area contributed by atoms with Crippen LogP contribution in [0.4, 0.5) is 9.93 Å². The smallest absolute Gasteiger partial charge is 0.321 e. The van der Waals surface area contributed by atoms with E-state index in [1.807, 2.05) is 6.07 Å². The van der Waals surface area contributed by atoms with Crippen LogP contribution in [0.1, 0.15) is 17.5 Å². The molecule has 2 N–H and O–H groups in total. The molecule has 0 radical (unpaired) electrons. The zero-order chi connectivity index (χ0) is 14.7. The molecule has 0 fully saturated rings. The summed E-state index contributed by atoms with van der Waals surface area (Å²) >= 11 is 1.31. The molecule has 1 aromatic carbocycles. The molecule has 1 aliphatic carbocycles. The summed E-state index contributed by atoms with van der Waals surface area (Å²) in [5.74, 6) is 0. The summed E-state index contributed by atoms with van der Waals surface area (Å²) < 4.78 is 5.05. The highest BCUT2D eigenvalue weighted by atomic mass is 32.1. The summed E-state index contributed by atoms with van der Waals surface area (Å²) in [4.78, 5) is 16.1. The van der Waals surface area contributed by atoms with E-state index >= 15 is 0 Å². The van der Waals surface area contributed by atoms with Crippen molar-refractivity contribution in [3.05, 3.63) is 41.6 Å². The molecule has 1 heterocycles. The molecule has 0 bridgehead atoms. The number of hydrogen-bond donors (Lipinski definition) is 2. The van der Waals surface area contributed by atoms with Crippen LogP contribution >= 0.6 is 11.3 Å². The lowest BCUT2D eigenvalue weighted by Crippen LogP contribution is -2.41. The van der Waals surface area contributed by atoms with E-state index in [0.29, 0.717) is 10.2 Å². The van der Waals surface area contributed by atoms with Crippen molar-refractivity contribution in [1.82, 2.24) is 10.3 Å². The fourth-order valence-electron chi connectivity index (χ4n) is 2.55. The summed E-state index contributed by atoms with van der Waals surface area (Å²) in [7, 11) is 1.58. The van der Waals surface area contributed by atoms with Gasteiger partial charge in [-0.05, 0) is 30.4 Å². The first-order valence-corrected chi connectivity index (χ1v) is 7.70. The quantitative estimate of drug-likeness (QED) is 0.916. The number of urea groups is 1. The van der Waals surface area contributed by atoms with Gasteiger partial charge >= 0.3 is 6.03 Å². The first-order valence-electron chi connectivity index (χ1n) is 6.88. The first kappa shape index (κ1) is 13.9. The number of fused-ring (bicyclic) bond motifs is 1. The largest absolute Gasteiger partial charge is 0.486 e. The minimum Gasteiger partial charge on any atom is -0.486 e. The van der Waals surface area contributed by atoms with Crippen LogP contribution in [-0.4, -0.2) is 24.2 Å². The van der Waals surface area contributed by atoms with Crippen molar-refractivity contribution < 1.29 is 9.53 Å². The van der Waals surface area contributed by atoms with Crippen molar-refractivity contribution in [2.45, 2.75) is 25.3 Å². The molecule has 110 valence electrons. The Bertz CT molecular complexity index is 641. The van der Waals surface area contributed by atoms with Crippen LogP contribution in [-0.2, 0) is 12.8 Å². The minimum atomic E-state index is -0.212. The second-order valence-electron chi connectivity index (χ2n) is 5.00. The normalized spacial score (nSPS) is 16.9. The van der Waals surface area contributed by atoms with Crippen molar-refractivity contribution in [1.29, 1.82) is 0 Å². The van der Waals surface area contributed by atoms with E-state index in [1.165, 1.54) is 22.5 Å². The van der Waals surface area contributed by atoms with Gasteiger partial charge < -0.3 is 10.1 Å². The average Bonchev–Trinajstić information content (AvgIpc) is 2.94. The molecule has 5 nitrogen and oxygen atoms in total. The third-order valence-corrected chi connectivity index (χ3v) is 4.46. The van der Waals surface area contributed by atoms with Gasteiger partial charge in [-0.3, -0.25) is 5.32 Å². The van der Waals surface area contributed by atoms with Crippen molar-refractivity contribution in [2.24, 2.45) is 0 Å². The molecule has 0 spiro atoms. The van der Waals surface area contributed by atoms with E-state index in [2.05, 4.69) is 33.8 Å². The van der Waals surface area contributed by atoms with E-state index in [1.54, 1.807) is 13.3 Å². The molecule has 3 rings (SSSR count). The van der Waals surface area contributed by atoms with Gasteiger partial charge in [0.1, 0.15) is 0 Å². The number of aromatic nitrogens is 1. The minimum absolute atomic E-state index is 0.168. The lowest BCUT2D eigenvalue weighted by Gasteiger charge is -2.25.